The van der Waals surface area contributed by atoms with Gasteiger partial charge in [0.2, 0.25) is 0 Å². The number of hydrogen-bond donors (Lipinski definition) is 4. The Morgan fingerprint density at radius 3 is 0.950 bits per heavy atom. The number of rotatable bonds is 10. The molecule has 0 saturated heterocycles. The number of aliphatic hydroxyl groups excluding tert-OH is 2. The Morgan fingerprint density at radius 1 is 0.450 bits per heavy atom. The quantitative estimate of drug-likeness (QED) is 0.190. The summed E-state index contributed by atoms with van der Waals surface area (Å²) >= 11 is 0. The third-order valence-corrected chi connectivity index (χ3v) is 7.05. The van der Waals surface area contributed by atoms with Gasteiger partial charge in [-0.25, -0.2) is 0 Å². The molecule has 212 valence electrons. The number of phenols is 2. The molecule has 4 aromatic carbocycles. The Labute approximate surface area is 237 Å². The predicted octanol–water partition coefficient (Wildman–Crippen LogP) is 6.18. The summed E-state index contributed by atoms with van der Waals surface area (Å²) in [6.07, 6.45) is 0. The summed E-state index contributed by atoms with van der Waals surface area (Å²) in [6.45, 7) is 9.20. The molecule has 6 nitrogen and oxygen atoms in total. The van der Waals surface area contributed by atoms with Gasteiger partial charge in [-0.2, -0.15) is 0 Å². The van der Waals surface area contributed by atoms with Gasteiger partial charge in [0.25, 0.3) is 0 Å². The maximum atomic E-state index is 9.30. The van der Waals surface area contributed by atoms with Gasteiger partial charge in [0, 0.05) is 10.8 Å². The summed E-state index contributed by atoms with van der Waals surface area (Å²) < 4.78 is 10.8. The Kier molecular flexibility index (Phi) is 10.6. The average Bonchev–Trinajstić information content (AvgIpc) is 2.96. The molecule has 0 aliphatic carbocycles. The minimum absolute atomic E-state index is 0.0119. The highest BCUT2D eigenvalue weighted by atomic mass is 16.5. The molecule has 0 heterocycles. The second-order valence-corrected chi connectivity index (χ2v) is 10.5. The third-order valence-electron chi connectivity index (χ3n) is 7.05. The van der Waals surface area contributed by atoms with Gasteiger partial charge in [-0.05, 0) is 70.8 Å². The standard InChI is InChI=1S/C19H24O4.C15H16O2/c1-19(2,15-3-7-17(8-4-15)22-13-11-20)16-5-9-18(10-6-16)23-14-12-21;1-15(2,11-3-7-13(16)8-4-11)12-5-9-14(17)10-6-12/h3-10,20-21H,11-14H2,1-2H3;3-10,16-17H,1-2H3. The summed E-state index contributed by atoms with van der Waals surface area (Å²) in [5.41, 5.74) is 4.31. The van der Waals surface area contributed by atoms with Crippen molar-refractivity contribution in [3.63, 3.8) is 0 Å². The van der Waals surface area contributed by atoms with E-state index in [1.165, 1.54) is 11.1 Å². The zero-order chi connectivity index (χ0) is 29.2. The van der Waals surface area contributed by atoms with Crippen LogP contribution in [0, 0.1) is 0 Å². The Morgan fingerprint density at radius 2 is 0.700 bits per heavy atom. The van der Waals surface area contributed by atoms with Gasteiger partial charge in [0.1, 0.15) is 36.2 Å². The van der Waals surface area contributed by atoms with Crippen molar-refractivity contribution < 1.29 is 29.9 Å². The summed E-state index contributed by atoms with van der Waals surface area (Å²) in [5, 5.41) is 36.2. The topological polar surface area (TPSA) is 99.4 Å². The van der Waals surface area contributed by atoms with Gasteiger partial charge in [-0.1, -0.05) is 76.2 Å². The van der Waals surface area contributed by atoms with Crippen molar-refractivity contribution >= 4 is 0 Å². The van der Waals surface area contributed by atoms with E-state index in [2.05, 4.69) is 27.7 Å². The molecular formula is C34H40O6. The number of phenolic OH excluding ortho intramolecular Hbond substituents is 2. The van der Waals surface area contributed by atoms with E-state index < -0.39 is 0 Å². The molecule has 0 fully saturated rings. The Hall–Kier alpha value is -4.00. The maximum Gasteiger partial charge on any atom is 0.119 e. The largest absolute Gasteiger partial charge is 0.508 e. The molecule has 4 N–H and O–H groups in total. The van der Waals surface area contributed by atoms with E-state index in [0.29, 0.717) is 13.2 Å². The van der Waals surface area contributed by atoms with Crippen LogP contribution in [0.1, 0.15) is 49.9 Å². The van der Waals surface area contributed by atoms with Crippen LogP contribution in [-0.2, 0) is 10.8 Å². The van der Waals surface area contributed by atoms with Crippen LogP contribution in [0.3, 0.4) is 0 Å². The molecule has 0 aliphatic rings. The van der Waals surface area contributed by atoms with Crippen LogP contribution in [-0.4, -0.2) is 46.9 Å². The smallest absolute Gasteiger partial charge is 0.119 e. The molecular weight excluding hydrogens is 504 g/mol. The van der Waals surface area contributed by atoms with Crippen LogP contribution >= 0.6 is 0 Å². The SMILES string of the molecule is CC(C)(c1ccc(O)cc1)c1ccc(O)cc1.CC(C)(c1ccc(OCCO)cc1)c1ccc(OCCO)cc1. The Balaban J connectivity index is 0.000000230. The van der Waals surface area contributed by atoms with Crippen molar-refractivity contribution in [2.75, 3.05) is 26.4 Å². The molecule has 0 aliphatic heterocycles. The van der Waals surface area contributed by atoms with Gasteiger partial charge in [-0.15, -0.1) is 0 Å². The van der Waals surface area contributed by atoms with E-state index in [-0.39, 0.29) is 35.5 Å². The summed E-state index contributed by atoms with van der Waals surface area (Å²) in [5.74, 6) is 2.06. The van der Waals surface area contributed by atoms with Gasteiger partial charge in [0.05, 0.1) is 13.2 Å². The van der Waals surface area contributed by atoms with Gasteiger partial charge in [-0.3, -0.25) is 0 Å². The van der Waals surface area contributed by atoms with E-state index in [1.54, 1.807) is 24.3 Å². The van der Waals surface area contributed by atoms with Crippen LogP contribution < -0.4 is 9.47 Å². The van der Waals surface area contributed by atoms with Crippen LogP contribution in [0.5, 0.6) is 23.0 Å². The lowest BCUT2D eigenvalue weighted by molar-refractivity contribution is 0.201. The van der Waals surface area contributed by atoms with E-state index >= 15 is 0 Å². The monoisotopic (exact) mass is 544 g/mol. The summed E-state index contributed by atoms with van der Waals surface area (Å²) in [6, 6.07) is 30.3. The van der Waals surface area contributed by atoms with Crippen LogP contribution in [0.15, 0.2) is 97.1 Å². The normalized spacial score (nSPS) is 11.3. The van der Waals surface area contributed by atoms with Gasteiger partial charge < -0.3 is 29.9 Å². The molecule has 0 amide bonds. The molecule has 0 bridgehead atoms. The molecule has 0 atom stereocenters. The second-order valence-electron chi connectivity index (χ2n) is 10.5. The molecule has 0 unspecified atom stereocenters. The fourth-order valence-electron chi connectivity index (χ4n) is 4.35. The lowest BCUT2D eigenvalue weighted by atomic mass is 9.78. The molecule has 4 rings (SSSR count). The van der Waals surface area contributed by atoms with Crippen molar-refractivity contribution in [3.05, 3.63) is 119 Å². The number of aliphatic hydroxyl groups is 2. The van der Waals surface area contributed by atoms with E-state index in [0.717, 1.165) is 22.6 Å². The predicted molar refractivity (Wildman–Crippen MR) is 159 cm³/mol. The highest BCUT2D eigenvalue weighted by Gasteiger charge is 2.24. The van der Waals surface area contributed by atoms with Crippen molar-refractivity contribution in [2.24, 2.45) is 0 Å². The fraction of sp³-hybridized carbons (Fsp3) is 0.294. The maximum absolute atomic E-state index is 9.30. The highest BCUT2D eigenvalue weighted by Crippen LogP contribution is 2.34. The first-order valence-corrected chi connectivity index (χ1v) is 13.4. The Bertz CT molecular complexity index is 1190. The van der Waals surface area contributed by atoms with E-state index in [4.69, 9.17) is 19.7 Å². The molecule has 6 heteroatoms. The van der Waals surface area contributed by atoms with E-state index in [9.17, 15) is 10.2 Å². The molecule has 40 heavy (non-hydrogen) atoms. The average molecular weight is 545 g/mol. The lowest BCUT2D eigenvalue weighted by Gasteiger charge is -2.26. The first-order chi connectivity index (χ1) is 19.1. The van der Waals surface area contributed by atoms with Crippen molar-refractivity contribution in [3.8, 4) is 23.0 Å². The van der Waals surface area contributed by atoms with Crippen molar-refractivity contribution in [2.45, 2.75) is 38.5 Å². The van der Waals surface area contributed by atoms with Crippen molar-refractivity contribution in [1.29, 1.82) is 0 Å². The first kappa shape index (κ1) is 30.5. The second kappa shape index (κ2) is 13.9. The van der Waals surface area contributed by atoms with Crippen LogP contribution in [0.4, 0.5) is 0 Å². The molecule has 0 spiro atoms. The zero-order valence-electron chi connectivity index (χ0n) is 23.7. The van der Waals surface area contributed by atoms with Crippen LogP contribution in [0.2, 0.25) is 0 Å². The summed E-state index contributed by atoms with van der Waals surface area (Å²) in [7, 11) is 0. The van der Waals surface area contributed by atoms with Crippen molar-refractivity contribution in [1.82, 2.24) is 0 Å². The first-order valence-electron chi connectivity index (χ1n) is 13.4. The molecule has 0 saturated carbocycles. The third kappa shape index (κ3) is 8.01. The molecule has 4 aromatic rings. The fourth-order valence-corrected chi connectivity index (χ4v) is 4.35. The molecule has 0 aromatic heterocycles. The minimum Gasteiger partial charge on any atom is -0.508 e. The number of hydrogen-bond acceptors (Lipinski definition) is 6. The molecule has 0 radical (unpaired) electrons. The number of benzene rings is 4. The van der Waals surface area contributed by atoms with E-state index in [1.807, 2.05) is 72.8 Å². The number of ether oxygens (including phenoxy) is 2. The van der Waals surface area contributed by atoms with Gasteiger partial charge in [0.15, 0.2) is 0 Å². The number of aromatic hydroxyl groups is 2. The lowest BCUT2D eigenvalue weighted by Crippen LogP contribution is -2.18. The highest BCUT2D eigenvalue weighted by molar-refractivity contribution is 5.43. The summed E-state index contributed by atoms with van der Waals surface area (Å²) in [4.78, 5) is 0. The zero-order valence-corrected chi connectivity index (χ0v) is 23.7. The van der Waals surface area contributed by atoms with Crippen LogP contribution in [0.25, 0.3) is 0 Å². The van der Waals surface area contributed by atoms with Gasteiger partial charge >= 0.3 is 0 Å². The minimum atomic E-state index is -0.151.